The third kappa shape index (κ3) is 6.04. The minimum atomic E-state index is -4.31. The second-order valence-corrected chi connectivity index (χ2v) is 10.4. The van der Waals surface area contributed by atoms with E-state index >= 15 is 0 Å². The van der Waals surface area contributed by atoms with Gasteiger partial charge in [0, 0.05) is 57.1 Å². The predicted octanol–water partition coefficient (Wildman–Crippen LogP) is 2.76. The zero-order chi connectivity index (χ0) is 21.5. The van der Waals surface area contributed by atoms with Gasteiger partial charge in [-0.05, 0) is 86.7 Å². The number of hydrogen-bond donors (Lipinski definition) is 2. The van der Waals surface area contributed by atoms with Crippen LogP contribution in [0.5, 0.6) is 0 Å². The van der Waals surface area contributed by atoms with E-state index in [4.69, 9.17) is 0 Å². The maximum atomic E-state index is 12.6. The van der Waals surface area contributed by atoms with Gasteiger partial charge in [-0.25, -0.2) is 17.9 Å². The van der Waals surface area contributed by atoms with Crippen molar-refractivity contribution in [1.29, 1.82) is 0 Å². The molecular formula is C20H26F3KN3O3S. The minimum absolute atomic E-state index is 0. The number of amides is 2. The van der Waals surface area contributed by atoms with E-state index in [0.717, 1.165) is 55.3 Å². The van der Waals surface area contributed by atoms with Gasteiger partial charge in [-0.15, -0.1) is 0 Å². The van der Waals surface area contributed by atoms with Gasteiger partial charge in [-0.1, -0.05) is 6.07 Å². The number of fused-ring (bicyclic) bond motifs is 2. The summed E-state index contributed by atoms with van der Waals surface area (Å²) in [5, 5.41) is 1.91. The largest absolute Gasteiger partial charge is 0.401 e. The Morgan fingerprint density at radius 3 is 2.10 bits per heavy atom. The molecule has 2 amide bonds. The van der Waals surface area contributed by atoms with Gasteiger partial charge in [-0.2, -0.15) is 13.2 Å². The first-order valence-electron chi connectivity index (χ1n) is 10.4. The molecule has 1 radical (unpaired) electrons. The summed E-state index contributed by atoms with van der Waals surface area (Å²) >= 11 is 0. The first-order valence-corrected chi connectivity index (χ1v) is 12.0. The second kappa shape index (κ2) is 9.98. The summed E-state index contributed by atoms with van der Waals surface area (Å²) < 4.78 is 64.9. The Morgan fingerprint density at radius 2 is 1.58 bits per heavy atom. The zero-order valence-corrected chi connectivity index (χ0v) is 21.6. The molecule has 1 aliphatic heterocycles. The van der Waals surface area contributed by atoms with Gasteiger partial charge in [0.15, 0.2) is 0 Å². The van der Waals surface area contributed by atoms with E-state index in [1.807, 2.05) is 0 Å². The molecule has 1 aromatic rings. The van der Waals surface area contributed by atoms with E-state index in [-0.39, 0.29) is 77.3 Å². The number of halogens is 3. The number of benzene rings is 1. The molecule has 167 valence electrons. The van der Waals surface area contributed by atoms with Gasteiger partial charge in [-0.3, -0.25) is 4.90 Å². The molecule has 2 aliphatic carbocycles. The first kappa shape index (κ1) is 25.4. The van der Waals surface area contributed by atoms with Crippen LogP contribution in [0.1, 0.15) is 47.9 Å². The molecule has 1 saturated heterocycles. The molecule has 1 aromatic carbocycles. The number of hydrogen-bond acceptors (Lipinski definition) is 4. The van der Waals surface area contributed by atoms with Gasteiger partial charge >= 0.3 is 12.2 Å². The molecule has 0 atom stereocenters. The van der Waals surface area contributed by atoms with Crippen LogP contribution in [-0.2, 0) is 35.7 Å². The van der Waals surface area contributed by atoms with Crippen LogP contribution in [0.4, 0.5) is 23.7 Å². The monoisotopic (exact) mass is 484 g/mol. The molecule has 1 fully saturated rings. The number of carbonyl (C=O) groups excluding carboxylic acids is 1. The SMILES string of the molecule is O=C(Nc1c2c(cc3c1CCC3)CCC2)NS(=O)(=O)C1CCN(CC(F)(F)F)CC1.[K]. The van der Waals surface area contributed by atoms with Crippen molar-refractivity contribution in [3.8, 4) is 0 Å². The number of sulfonamides is 1. The van der Waals surface area contributed by atoms with E-state index in [0.29, 0.717) is 0 Å². The van der Waals surface area contributed by atoms with Crippen molar-refractivity contribution in [2.45, 2.75) is 62.8 Å². The van der Waals surface area contributed by atoms with Crippen molar-refractivity contribution in [1.82, 2.24) is 9.62 Å². The van der Waals surface area contributed by atoms with Crippen LogP contribution in [0.25, 0.3) is 0 Å². The molecule has 31 heavy (non-hydrogen) atoms. The van der Waals surface area contributed by atoms with E-state index in [9.17, 15) is 26.4 Å². The third-order valence-corrected chi connectivity index (χ3v) is 8.14. The van der Waals surface area contributed by atoms with E-state index in [1.54, 1.807) is 0 Å². The molecule has 1 heterocycles. The molecule has 0 bridgehead atoms. The van der Waals surface area contributed by atoms with Crippen LogP contribution in [0.15, 0.2) is 6.07 Å². The van der Waals surface area contributed by atoms with Crippen molar-refractivity contribution in [2.24, 2.45) is 0 Å². The first-order chi connectivity index (χ1) is 14.1. The number of alkyl halides is 3. The van der Waals surface area contributed by atoms with Gasteiger partial charge in [0.2, 0.25) is 10.0 Å². The molecule has 0 unspecified atom stereocenters. The average molecular weight is 485 g/mol. The third-order valence-electron chi connectivity index (χ3n) is 6.32. The van der Waals surface area contributed by atoms with E-state index in [1.165, 1.54) is 16.0 Å². The standard InChI is InChI=1S/C20H26F3N3O3S.K/c21-20(22,23)12-26-9-7-15(8-10-26)30(28,29)25-19(27)24-18-16-5-1-3-13(16)11-14-4-2-6-17(14)18;/h11,15H,1-10,12H2,(H2,24,25,27);. The summed E-state index contributed by atoms with van der Waals surface area (Å²) in [6.45, 7) is -0.975. The van der Waals surface area contributed by atoms with Crippen LogP contribution in [0, 0.1) is 0 Å². The molecule has 4 rings (SSSR count). The van der Waals surface area contributed by atoms with E-state index < -0.39 is 34.0 Å². The van der Waals surface area contributed by atoms with Crippen molar-refractivity contribution < 1.29 is 26.4 Å². The number of aryl methyl sites for hydroxylation is 2. The Morgan fingerprint density at radius 1 is 1.03 bits per heavy atom. The van der Waals surface area contributed by atoms with E-state index in [2.05, 4.69) is 16.1 Å². The number of piperidine rings is 1. The van der Waals surface area contributed by atoms with Crippen molar-refractivity contribution >= 4 is 73.1 Å². The van der Waals surface area contributed by atoms with Gasteiger partial charge in [0.25, 0.3) is 0 Å². The normalized spacial score (nSPS) is 19.5. The number of anilines is 1. The number of carbonyl (C=O) groups is 1. The maximum Gasteiger partial charge on any atom is 0.401 e. The Balaban J connectivity index is 0.00000272. The quantitative estimate of drug-likeness (QED) is 0.645. The van der Waals surface area contributed by atoms with Gasteiger partial charge in [0.05, 0.1) is 11.8 Å². The molecule has 2 N–H and O–H groups in total. The Bertz CT molecular complexity index is 913. The molecule has 0 spiro atoms. The Kier molecular flexibility index (Phi) is 8.20. The van der Waals surface area contributed by atoms with Gasteiger partial charge in [0.1, 0.15) is 0 Å². The topological polar surface area (TPSA) is 78.5 Å². The zero-order valence-electron chi connectivity index (χ0n) is 17.6. The summed E-state index contributed by atoms with van der Waals surface area (Å²) in [4.78, 5) is 13.8. The summed E-state index contributed by atoms with van der Waals surface area (Å²) in [6, 6.07) is 1.43. The van der Waals surface area contributed by atoms with Crippen molar-refractivity contribution in [2.75, 3.05) is 25.0 Å². The Hall–Kier alpha value is -0.174. The summed E-state index contributed by atoms with van der Waals surface area (Å²) in [6.07, 6.45) is 1.52. The fourth-order valence-electron chi connectivity index (χ4n) is 4.95. The summed E-state index contributed by atoms with van der Waals surface area (Å²) in [7, 11) is -3.97. The number of nitrogens with one attached hydrogen (secondary N) is 2. The molecule has 0 aromatic heterocycles. The maximum absolute atomic E-state index is 12.6. The molecule has 3 aliphatic rings. The van der Waals surface area contributed by atoms with Crippen LogP contribution in [0.3, 0.4) is 0 Å². The van der Waals surface area contributed by atoms with Crippen LogP contribution in [0.2, 0.25) is 0 Å². The Labute approximate surface area is 223 Å². The number of likely N-dealkylation sites (tertiary alicyclic amines) is 1. The molecule has 11 heteroatoms. The van der Waals surface area contributed by atoms with Crippen molar-refractivity contribution in [3.05, 3.63) is 28.3 Å². The summed E-state index contributed by atoms with van der Waals surface area (Å²) in [5.74, 6) is 0. The number of nitrogens with zero attached hydrogens (tertiary/aromatic N) is 1. The summed E-state index contributed by atoms with van der Waals surface area (Å²) in [5.41, 5.74) is 5.41. The second-order valence-electron chi connectivity index (χ2n) is 8.43. The minimum Gasteiger partial charge on any atom is -0.307 e. The number of rotatable bonds is 4. The molecule has 0 saturated carbocycles. The fraction of sp³-hybridized carbons (Fsp3) is 0.650. The van der Waals surface area contributed by atoms with Crippen LogP contribution in [-0.4, -0.2) is 102 Å². The smallest absolute Gasteiger partial charge is 0.307 e. The van der Waals surface area contributed by atoms with Crippen molar-refractivity contribution in [3.63, 3.8) is 0 Å². The molecule has 6 nitrogen and oxygen atoms in total. The fourth-order valence-corrected chi connectivity index (χ4v) is 6.26. The average Bonchev–Trinajstić information content (AvgIpc) is 3.29. The van der Waals surface area contributed by atoms with Crippen LogP contribution < -0.4 is 10.0 Å². The molecular weight excluding hydrogens is 458 g/mol. The number of urea groups is 1. The van der Waals surface area contributed by atoms with Gasteiger partial charge < -0.3 is 5.32 Å². The van der Waals surface area contributed by atoms with Crippen LogP contribution >= 0.6 is 0 Å². The predicted molar refractivity (Wildman–Crippen MR) is 113 cm³/mol.